The van der Waals surface area contributed by atoms with Crippen molar-refractivity contribution in [1.29, 1.82) is 0 Å². The van der Waals surface area contributed by atoms with Crippen LogP contribution in [0, 0.1) is 16.7 Å². The Hall–Kier alpha value is -2.76. The molecule has 0 spiro atoms. The lowest BCUT2D eigenvalue weighted by molar-refractivity contribution is -0.143. The number of carbonyl (C=O) groups excluding carboxylic acids is 4. The number of unbranched alkanes of at least 4 members (excludes halogenated alkanes) is 1. The summed E-state index contributed by atoms with van der Waals surface area (Å²) in [5.41, 5.74) is -1.32. The number of benzene rings is 2. The van der Waals surface area contributed by atoms with Crippen molar-refractivity contribution in [1.82, 2.24) is 5.06 Å². The van der Waals surface area contributed by atoms with E-state index in [-0.39, 0.29) is 35.4 Å². The van der Waals surface area contributed by atoms with Gasteiger partial charge in [0.1, 0.15) is 12.4 Å². The third-order valence-electron chi connectivity index (χ3n) is 8.92. The summed E-state index contributed by atoms with van der Waals surface area (Å²) in [6, 6.07) is 8.24. The number of amides is 2. The predicted molar refractivity (Wildman–Crippen MR) is 149 cm³/mol. The Kier molecular flexibility index (Phi) is 7.60. The Morgan fingerprint density at radius 2 is 1.82 bits per heavy atom. The minimum atomic E-state index is -4.47. The quantitative estimate of drug-likeness (QED) is 0.156. The van der Waals surface area contributed by atoms with Crippen molar-refractivity contribution in [3.8, 4) is 0 Å². The zero-order valence-electron chi connectivity index (χ0n) is 22.9. The molecule has 2 aliphatic carbocycles. The number of Topliss-reactive ketones (excluding diaryl/α,β-unsaturated/α-hetero) is 1. The Morgan fingerprint density at radius 1 is 1.10 bits per heavy atom. The number of carbonyl (C=O) groups is 4. The third kappa shape index (κ3) is 4.75. The van der Waals surface area contributed by atoms with Gasteiger partial charge in [0, 0.05) is 28.9 Å². The SMILES string of the molecule is CCCCC(=O)OCCSc1ccc2c3c(cccc13)C(=O)N(OS(=O)(=O)CC13CCC(CC1=O)C3(C)C)C2=O. The van der Waals surface area contributed by atoms with Gasteiger partial charge in [-0.25, -0.2) is 0 Å². The Morgan fingerprint density at radius 3 is 2.48 bits per heavy atom. The first-order valence-electron chi connectivity index (χ1n) is 13.6. The smallest absolute Gasteiger partial charge is 0.305 e. The highest BCUT2D eigenvalue weighted by atomic mass is 32.2. The molecule has 2 atom stereocenters. The first kappa shape index (κ1) is 28.8. The molecule has 0 saturated heterocycles. The molecule has 3 aliphatic rings. The molecule has 5 rings (SSSR count). The first-order valence-corrected chi connectivity index (χ1v) is 16.2. The molecule has 1 heterocycles. The van der Waals surface area contributed by atoms with E-state index in [2.05, 4.69) is 0 Å². The highest BCUT2D eigenvalue weighted by Crippen LogP contribution is 2.64. The maximum Gasteiger partial charge on any atom is 0.305 e. The molecule has 0 radical (unpaired) electrons. The van der Waals surface area contributed by atoms with Crippen LogP contribution in [0.3, 0.4) is 0 Å². The van der Waals surface area contributed by atoms with Gasteiger partial charge in [-0.1, -0.05) is 39.3 Å². The van der Waals surface area contributed by atoms with Crippen molar-refractivity contribution >= 4 is 56.2 Å². The fourth-order valence-corrected chi connectivity index (χ4v) is 9.06. The van der Waals surface area contributed by atoms with Gasteiger partial charge >= 0.3 is 5.97 Å². The van der Waals surface area contributed by atoms with Gasteiger partial charge in [0.25, 0.3) is 21.9 Å². The predicted octanol–water partition coefficient (Wildman–Crippen LogP) is 4.92. The molecule has 2 saturated carbocycles. The number of ether oxygens (including phenoxy) is 1. The number of thioether (sulfide) groups is 1. The second kappa shape index (κ2) is 10.6. The molecule has 2 aromatic rings. The second-order valence-corrected chi connectivity index (χ2v) is 14.0. The van der Waals surface area contributed by atoms with Crippen LogP contribution in [0.5, 0.6) is 0 Å². The van der Waals surface area contributed by atoms with E-state index in [9.17, 15) is 27.6 Å². The van der Waals surface area contributed by atoms with Crippen LogP contribution in [0.2, 0.25) is 0 Å². The summed E-state index contributed by atoms with van der Waals surface area (Å²) in [6.45, 7) is 6.05. The number of hydrogen-bond donors (Lipinski definition) is 0. The van der Waals surface area contributed by atoms with Crippen LogP contribution >= 0.6 is 11.8 Å². The number of hydroxylamine groups is 2. The largest absolute Gasteiger partial charge is 0.465 e. The molecule has 11 heteroatoms. The van der Waals surface area contributed by atoms with Gasteiger partial charge in [-0.2, -0.15) is 8.42 Å². The van der Waals surface area contributed by atoms with Gasteiger partial charge in [-0.3, -0.25) is 19.2 Å². The lowest BCUT2D eigenvalue weighted by Crippen LogP contribution is -2.46. The van der Waals surface area contributed by atoms with Crippen molar-refractivity contribution < 1.29 is 36.6 Å². The Labute approximate surface area is 238 Å². The van der Waals surface area contributed by atoms with Crippen LogP contribution in [-0.4, -0.2) is 55.2 Å². The van der Waals surface area contributed by atoms with Crippen molar-refractivity contribution in [3.63, 3.8) is 0 Å². The molecule has 0 aromatic heterocycles. The van der Waals surface area contributed by atoms with Crippen molar-refractivity contribution in [3.05, 3.63) is 41.5 Å². The first-order chi connectivity index (χ1) is 18.9. The van der Waals surface area contributed by atoms with E-state index in [4.69, 9.17) is 9.02 Å². The fourth-order valence-electron chi connectivity index (χ4n) is 6.49. The van der Waals surface area contributed by atoms with E-state index in [0.29, 0.717) is 40.9 Å². The lowest BCUT2D eigenvalue weighted by Gasteiger charge is -2.36. The summed E-state index contributed by atoms with van der Waals surface area (Å²) in [6.07, 6.45) is 3.61. The molecule has 2 amide bonds. The maximum absolute atomic E-state index is 13.4. The summed E-state index contributed by atoms with van der Waals surface area (Å²) in [4.78, 5) is 52.2. The van der Waals surface area contributed by atoms with Gasteiger partial charge in [0.15, 0.2) is 0 Å². The van der Waals surface area contributed by atoms with E-state index >= 15 is 0 Å². The number of fused-ring (bicyclic) bond motifs is 2. The van der Waals surface area contributed by atoms with E-state index in [1.54, 1.807) is 24.3 Å². The van der Waals surface area contributed by atoms with Crippen LogP contribution in [0.4, 0.5) is 0 Å². The molecule has 2 bridgehead atoms. The molecule has 2 aromatic carbocycles. The summed E-state index contributed by atoms with van der Waals surface area (Å²) < 4.78 is 37.0. The van der Waals surface area contributed by atoms with E-state index in [0.717, 1.165) is 24.2 Å². The second-order valence-electron chi connectivity index (χ2n) is 11.4. The monoisotopic (exact) mass is 587 g/mol. The van der Waals surface area contributed by atoms with Crippen LogP contribution in [-0.2, 0) is 28.7 Å². The van der Waals surface area contributed by atoms with Gasteiger partial charge in [0.2, 0.25) is 0 Å². The van der Waals surface area contributed by atoms with Crippen LogP contribution in [0.15, 0.2) is 35.2 Å². The summed E-state index contributed by atoms with van der Waals surface area (Å²) in [5, 5.41) is 1.39. The summed E-state index contributed by atoms with van der Waals surface area (Å²) in [5.74, 6) is -2.07. The maximum atomic E-state index is 13.4. The van der Waals surface area contributed by atoms with E-state index in [1.807, 2.05) is 20.8 Å². The number of ketones is 1. The average Bonchev–Trinajstić information content (AvgIpc) is 3.25. The Balaban J connectivity index is 1.34. The van der Waals surface area contributed by atoms with Crippen LogP contribution in [0.25, 0.3) is 10.8 Å². The van der Waals surface area contributed by atoms with E-state index < -0.39 is 38.5 Å². The Bertz CT molecular complexity index is 1490. The molecule has 9 nitrogen and oxygen atoms in total. The van der Waals surface area contributed by atoms with Crippen LogP contribution < -0.4 is 0 Å². The highest BCUT2D eigenvalue weighted by Gasteiger charge is 2.65. The van der Waals surface area contributed by atoms with Crippen molar-refractivity contribution in [2.24, 2.45) is 16.7 Å². The zero-order chi connectivity index (χ0) is 28.9. The minimum absolute atomic E-state index is 0.104. The fraction of sp³-hybridized carbons (Fsp3) is 0.517. The van der Waals surface area contributed by atoms with Gasteiger partial charge in [-0.05, 0) is 54.2 Å². The average molecular weight is 588 g/mol. The van der Waals surface area contributed by atoms with Crippen molar-refractivity contribution in [2.75, 3.05) is 18.1 Å². The molecule has 1 aliphatic heterocycles. The number of nitrogens with zero attached hydrogens (tertiary/aromatic N) is 1. The normalized spacial score (nSPS) is 23.3. The molecule has 214 valence electrons. The topological polar surface area (TPSA) is 124 Å². The highest BCUT2D eigenvalue weighted by molar-refractivity contribution is 7.99. The molecule has 2 unspecified atom stereocenters. The molecule has 2 fully saturated rings. The number of hydrogen-bond acceptors (Lipinski definition) is 9. The molecule has 0 N–H and O–H groups in total. The molecular formula is C29H33NO8S2. The molecular weight excluding hydrogens is 554 g/mol. The standard InChI is InChI=1S/C29H33NO8S2/c1-4-5-9-24(32)37-14-15-39-22-11-10-21-25-19(22)7-6-8-20(25)26(33)30(27(21)34)38-40(35,36)17-29-13-12-18(16-23(29)31)28(29,2)3/h6-8,10-11,18H,4-5,9,12-17H2,1-3H3. The van der Waals surface area contributed by atoms with Gasteiger partial charge in [0.05, 0.1) is 22.3 Å². The van der Waals surface area contributed by atoms with Crippen molar-refractivity contribution in [2.45, 2.75) is 64.2 Å². The van der Waals surface area contributed by atoms with Gasteiger partial charge in [-0.15, -0.1) is 21.1 Å². The van der Waals surface area contributed by atoms with Gasteiger partial charge < -0.3 is 4.74 Å². The number of imide groups is 1. The number of rotatable bonds is 11. The summed E-state index contributed by atoms with van der Waals surface area (Å²) in [7, 11) is -4.47. The third-order valence-corrected chi connectivity index (χ3v) is 11.2. The van der Waals surface area contributed by atoms with E-state index in [1.165, 1.54) is 17.8 Å². The number of esters is 1. The van der Waals surface area contributed by atoms with Crippen LogP contribution in [0.1, 0.15) is 80.0 Å². The molecule has 40 heavy (non-hydrogen) atoms. The zero-order valence-corrected chi connectivity index (χ0v) is 24.5. The summed E-state index contributed by atoms with van der Waals surface area (Å²) >= 11 is 1.43. The lowest BCUT2D eigenvalue weighted by atomic mass is 9.70. The minimum Gasteiger partial charge on any atom is -0.465 e.